The average molecular weight is 156 g/mol. The Morgan fingerprint density at radius 1 is 1.82 bits per heavy atom. The third-order valence-corrected chi connectivity index (χ3v) is 1.86. The number of esters is 1. The first-order valence-electron chi connectivity index (χ1n) is 3.59. The Labute approximate surface area is 65.7 Å². The first-order valence-corrected chi connectivity index (χ1v) is 3.59. The molecule has 0 amide bonds. The summed E-state index contributed by atoms with van der Waals surface area (Å²) >= 11 is 0. The highest BCUT2D eigenvalue weighted by Crippen LogP contribution is 2.31. The Morgan fingerprint density at radius 3 is 2.82 bits per heavy atom. The van der Waals surface area contributed by atoms with Crippen molar-refractivity contribution in [2.45, 2.75) is 25.4 Å². The van der Waals surface area contributed by atoms with Crippen molar-refractivity contribution in [2.24, 2.45) is 0 Å². The second-order valence-electron chi connectivity index (χ2n) is 3.09. The molecule has 0 aromatic heterocycles. The molecule has 1 aliphatic heterocycles. The van der Waals surface area contributed by atoms with Gasteiger partial charge < -0.3 is 9.84 Å². The maximum absolute atomic E-state index is 10.9. The fourth-order valence-corrected chi connectivity index (χ4v) is 1.23. The molecule has 1 atom stereocenters. The van der Waals surface area contributed by atoms with Gasteiger partial charge in [0.05, 0.1) is 0 Å². The van der Waals surface area contributed by atoms with Crippen LogP contribution in [0.1, 0.15) is 19.8 Å². The summed E-state index contributed by atoms with van der Waals surface area (Å²) < 4.78 is 5.00. The van der Waals surface area contributed by atoms with Crippen molar-refractivity contribution in [1.29, 1.82) is 0 Å². The number of hydrogen-bond acceptors (Lipinski definition) is 3. The summed E-state index contributed by atoms with van der Waals surface area (Å²) in [5.41, 5.74) is -0.0101. The molecule has 0 spiro atoms. The minimum atomic E-state index is -0.511. The molecule has 62 valence electrons. The van der Waals surface area contributed by atoms with E-state index in [1.807, 2.05) is 0 Å². The fraction of sp³-hybridized carbons (Fsp3) is 0.625. The number of ether oxygens (including phenoxy) is 1. The van der Waals surface area contributed by atoms with Crippen LogP contribution < -0.4 is 0 Å². The Bertz CT molecular complexity index is 180. The number of carbonyl (C=O) groups is 1. The van der Waals surface area contributed by atoms with Crippen LogP contribution in [-0.4, -0.2) is 23.3 Å². The minimum absolute atomic E-state index is 0.0387. The van der Waals surface area contributed by atoms with Crippen LogP contribution in [0.4, 0.5) is 0 Å². The van der Waals surface area contributed by atoms with Crippen molar-refractivity contribution in [3.05, 3.63) is 12.2 Å². The first-order chi connectivity index (χ1) is 5.07. The zero-order valence-corrected chi connectivity index (χ0v) is 6.59. The lowest BCUT2D eigenvalue weighted by Gasteiger charge is -2.20. The lowest BCUT2D eigenvalue weighted by molar-refractivity contribution is -0.146. The van der Waals surface area contributed by atoms with Crippen molar-refractivity contribution in [3.63, 3.8) is 0 Å². The molecule has 1 rings (SSSR count). The van der Waals surface area contributed by atoms with Crippen molar-refractivity contribution >= 4 is 5.97 Å². The Hall–Kier alpha value is -0.830. The van der Waals surface area contributed by atoms with Gasteiger partial charge >= 0.3 is 5.97 Å². The molecule has 0 aliphatic carbocycles. The monoisotopic (exact) mass is 156 g/mol. The number of aliphatic hydroxyl groups excluding tert-OH is 1. The van der Waals surface area contributed by atoms with Crippen LogP contribution in [0.3, 0.4) is 0 Å². The molecule has 3 heteroatoms. The molecule has 0 saturated carbocycles. The molecule has 0 radical (unpaired) electrons. The van der Waals surface area contributed by atoms with Gasteiger partial charge in [-0.3, -0.25) is 0 Å². The van der Waals surface area contributed by atoms with Gasteiger partial charge in [0.2, 0.25) is 0 Å². The summed E-state index contributed by atoms with van der Waals surface area (Å²) in [6, 6.07) is 0. The van der Waals surface area contributed by atoms with Gasteiger partial charge in [0.15, 0.2) is 0 Å². The van der Waals surface area contributed by atoms with Crippen LogP contribution in [0.2, 0.25) is 0 Å². The topological polar surface area (TPSA) is 46.5 Å². The van der Waals surface area contributed by atoms with E-state index >= 15 is 0 Å². The Morgan fingerprint density at radius 2 is 2.45 bits per heavy atom. The second kappa shape index (κ2) is 2.66. The molecule has 3 nitrogen and oxygen atoms in total. The fourth-order valence-electron chi connectivity index (χ4n) is 1.23. The molecule has 11 heavy (non-hydrogen) atoms. The van der Waals surface area contributed by atoms with Gasteiger partial charge in [-0.05, 0) is 6.92 Å². The highest BCUT2D eigenvalue weighted by Gasteiger charge is 2.37. The summed E-state index contributed by atoms with van der Waals surface area (Å²) in [7, 11) is 0. The number of hydrogen-bond donors (Lipinski definition) is 1. The molecule has 1 saturated heterocycles. The molecule has 1 N–H and O–H groups in total. The quantitative estimate of drug-likeness (QED) is 0.471. The smallest absolute Gasteiger partial charge is 0.334 e. The van der Waals surface area contributed by atoms with Crippen LogP contribution in [0.5, 0.6) is 0 Å². The van der Waals surface area contributed by atoms with Crippen LogP contribution in [0.15, 0.2) is 12.2 Å². The van der Waals surface area contributed by atoms with E-state index in [0.29, 0.717) is 18.4 Å². The zero-order valence-electron chi connectivity index (χ0n) is 6.59. The predicted octanol–water partition coefficient (Wildman–Crippen LogP) is 0.631. The molecule has 1 unspecified atom stereocenters. The average Bonchev–Trinajstić information content (AvgIpc) is 2.08. The summed E-state index contributed by atoms with van der Waals surface area (Å²) in [6.07, 6.45) is 1.02. The van der Waals surface area contributed by atoms with Crippen molar-refractivity contribution in [1.82, 2.24) is 0 Å². The second-order valence-corrected chi connectivity index (χ2v) is 3.09. The third kappa shape index (κ3) is 1.60. The number of cyclic esters (lactones) is 1. The standard InChI is InChI=1S/C8H12O3/c1-6-5-8(2,3-4-9)11-7(6)10/h9H,1,3-5H2,2H3. The number of aliphatic hydroxyl groups is 1. The van der Waals surface area contributed by atoms with Gasteiger partial charge in [-0.15, -0.1) is 0 Å². The molecular weight excluding hydrogens is 144 g/mol. The summed E-state index contributed by atoms with van der Waals surface area (Å²) in [5, 5.41) is 8.64. The normalized spacial score (nSPS) is 30.7. The van der Waals surface area contributed by atoms with Crippen LogP contribution in [-0.2, 0) is 9.53 Å². The van der Waals surface area contributed by atoms with Crippen LogP contribution in [0.25, 0.3) is 0 Å². The van der Waals surface area contributed by atoms with E-state index in [0.717, 1.165) is 0 Å². The summed E-state index contributed by atoms with van der Waals surface area (Å²) in [4.78, 5) is 10.9. The zero-order chi connectivity index (χ0) is 8.48. The lowest BCUT2D eigenvalue weighted by Crippen LogP contribution is -2.24. The molecular formula is C8H12O3. The third-order valence-electron chi connectivity index (χ3n) is 1.86. The van der Waals surface area contributed by atoms with Gasteiger partial charge in [0.25, 0.3) is 0 Å². The van der Waals surface area contributed by atoms with Gasteiger partial charge in [-0.1, -0.05) is 6.58 Å². The summed E-state index contributed by atoms with van der Waals surface area (Å²) in [5.74, 6) is -0.332. The van der Waals surface area contributed by atoms with Crippen LogP contribution >= 0.6 is 0 Å². The minimum Gasteiger partial charge on any atom is -0.456 e. The first kappa shape index (κ1) is 8.27. The van der Waals surface area contributed by atoms with Gasteiger partial charge in [0.1, 0.15) is 5.60 Å². The SMILES string of the molecule is C=C1CC(C)(CCO)OC1=O. The lowest BCUT2D eigenvalue weighted by atomic mass is 9.97. The maximum Gasteiger partial charge on any atom is 0.334 e. The molecule has 0 aromatic carbocycles. The Balaban J connectivity index is 2.63. The van der Waals surface area contributed by atoms with E-state index in [1.54, 1.807) is 6.92 Å². The van der Waals surface area contributed by atoms with Crippen molar-refractivity contribution < 1.29 is 14.6 Å². The molecule has 1 fully saturated rings. The van der Waals surface area contributed by atoms with E-state index < -0.39 is 5.60 Å². The van der Waals surface area contributed by atoms with Crippen molar-refractivity contribution in [3.8, 4) is 0 Å². The van der Waals surface area contributed by atoms with Gasteiger partial charge in [-0.2, -0.15) is 0 Å². The van der Waals surface area contributed by atoms with E-state index in [2.05, 4.69) is 6.58 Å². The van der Waals surface area contributed by atoms with Crippen molar-refractivity contribution in [2.75, 3.05) is 6.61 Å². The molecule has 0 aromatic rings. The predicted molar refractivity (Wildman–Crippen MR) is 40.0 cm³/mol. The van der Waals surface area contributed by atoms with Gasteiger partial charge in [0, 0.05) is 25.0 Å². The van der Waals surface area contributed by atoms with E-state index in [4.69, 9.17) is 9.84 Å². The highest BCUT2D eigenvalue weighted by atomic mass is 16.6. The maximum atomic E-state index is 10.9. The number of carbonyl (C=O) groups excluding carboxylic acids is 1. The van der Waals surface area contributed by atoms with E-state index in [-0.39, 0.29) is 12.6 Å². The molecule has 0 bridgehead atoms. The van der Waals surface area contributed by atoms with E-state index in [9.17, 15) is 4.79 Å². The molecule has 1 aliphatic rings. The van der Waals surface area contributed by atoms with Crippen LogP contribution in [0, 0.1) is 0 Å². The molecule has 1 heterocycles. The highest BCUT2D eigenvalue weighted by molar-refractivity contribution is 5.90. The van der Waals surface area contributed by atoms with Gasteiger partial charge in [-0.25, -0.2) is 4.79 Å². The largest absolute Gasteiger partial charge is 0.456 e. The number of rotatable bonds is 2. The summed E-state index contributed by atoms with van der Waals surface area (Å²) in [6.45, 7) is 5.40. The van der Waals surface area contributed by atoms with E-state index in [1.165, 1.54) is 0 Å². The Kier molecular flexibility index (Phi) is 2.00.